The summed E-state index contributed by atoms with van der Waals surface area (Å²) in [5, 5.41) is 0. The molecule has 0 spiro atoms. The normalized spacial score (nSPS) is 16.4. The molecule has 0 bridgehead atoms. The first-order valence-electron chi connectivity index (χ1n) is 9.25. The number of pyridine rings is 1. The SMILES string of the molecule is C[C@@H](Oc1ccc(F)cc1)C(=O)N1CCC(c2cc3ncccc3[nH]2)CC1. The highest BCUT2D eigenvalue weighted by Crippen LogP contribution is 2.29. The van der Waals surface area contributed by atoms with Crippen LogP contribution in [0.2, 0.25) is 0 Å². The number of carbonyl (C=O) groups is 1. The Bertz CT molecular complexity index is 897. The summed E-state index contributed by atoms with van der Waals surface area (Å²) < 4.78 is 18.6. The van der Waals surface area contributed by atoms with E-state index in [2.05, 4.69) is 16.0 Å². The van der Waals surface area contributed by atoms with Crippen molar-refractivity contribution in [3.63, 3.8) is 0 Å². The van der Waals surface area contributed by atoms with Crippen LogP contribution in [-0.2, 0) is 4.79 Å². The number of rotatable bonds is 4. The molecule has 0 saturated carbocycles. The third-order valence-corrected chi connectivity index (χ3v) is 5.13. The van der Waals surface area contributed by atoms with E-state index in [0.717, 1.165) is 23.9 Å². The van der Waals surface area contributed by atoms with Crippen LogP contribution in [0.5, 0.6) is 5.75 Å². The standard InChI is InChI=1S/C21H22FN3O2/c1-14(27-17-6-4-16(22)5-7-17)21(26)25-11-8-15(9-12-25)19-13-20-18(24-19)3-2-10-23-20/h2-7,10,13-15,24H,8-9,11-12H2,1H3/t14-/m1/s1. The van der Waals surface area contributed by atoms with Crippen molar-refractivity contribution < 1.29 is 13.9 Å². The van der Waals surface area contributed by atoms with Crippen LogP contribution in [0, 0.1) is 5.82 Å². The van der Waals surface area contributed by atoms with Crippen molar-refractivity contribution in [1.29, 1.82) is 0 Å². The Labute approximate surface area is 157 Å². The summed E-state index contributed by atoms with van der Waals surface area (Å²) in [7, 11) is 0. The van der Waals surface area contributed by atoms with Gasteiger partial charge in [0.15, 0.2) is 6.10 Å². The molecule has 1 fully saturated rings. The van der Waals surface area contributed by atoms with E-state index >= 15 is 0 Å². The number of ether oxygens (including phenoxy) is 1. The molecule has 1 saturated heterocycles. The van der Waals surface area contributed by atoms with Gasteiger partial charge in [-0.2, -0.15) is 0 Å². The Balaban J connectivity index is 1.35. The Morgan fingerprint density at radius 3 is 2.70 bits per heavy atom. The Kier molecular flexibility index (Phi) is 4.79. The Morgan fingerprint density at radius 2 is 2.00 bits per heavy atom. The van der Waals surface area contributed by atoms with E-state index in [-0.39, 0.29) is 11.7 Å². The summed E-state index contributed by atoms with van der Waals surface area (Å²) >= 11 is 0. The lowest BCUT2D eigenvalue weighted by molar-refractivity contribution is -0.139. The monoisotopic (exact) mass is 367 g/mol. The van der Waals surface area contributed by atoms with E-state index in [1.165, 1.54) is 30.0 Å². The second kappa shape index (κ2) is 7.39. The molecule has 1 amide bonds. The first-order valence-corrected chi connectivity index (χ1v) is 9.25. The second-order valence-corrected chi connectivity index (χ2v) is 6.97. The van der Waals surface area contributed by atoms with Crippen LogP contribution in [0.1, 0.15) is 31.4 Å². The van der Waals surface area contributed by atoms with Gasteiger partial charge in [-0.3, -0.25) is 9.78 Å². The first kappa shape index (κ1) is 17.5. The average molecular weight is 367 g/mol. The molecule has 27 heavy (non-hydrogen) atoms. The van der Waals surface area contributed by atoms with Gasteiger partial charge in [0.05, 0.1) is 11.0 Å². The lowest BCUT2D eigenvalue weighted by atomic mass is 9.93. The van der Waals surface area contributed by atoms with Crippen molar-refractivity contribution in [2.24, 2.45) is 0 Å². The molecule has 1 atom stereocenters. The molecule has 0 radical (unpaired) electrons. The quantitative estimate of drug-likeness (QED) is 0.761. The van der Waals surface area contributed by atoms with Gasteiger partial charge in [0, 0.05) is 30.9 Å². The first-order chi connectivity index (χ1) is 13.1. The zero-order valence-corrected chi connectivity index (χ0v) is 15.2. The lowest BCUT2D eigenvalue weighted by Gasteiger charge is -2.33. The van der Waals surface area contributed by atoms with Gasteiger partial charge < -0.3 is 14.6 Å². The fraction of sp³-hybridized carbons (Fsp3) is 0.333. The second-order valence-electron chi connectivity index (χ2n) is 6.97. The summed E-state index contributed by atoms with van der Waals surface area (Å²) in [6, 6.07) is 11.8. The van der Waals surface area contributed by atoms with Gasteiger partial charge in [0.1, 0.15) is 11.6 Å². The maximum atomic E-state index is 13.0. The number of fused-ring (bicyclic) bond motifs is 1. The topological polar surface area (TPSA) is 58.2 Å². The summed E-state index contributed by atoms with van der Waals surface area (Å²) in [4.78, 5) is 22.3. The van der Waals surface area contributed by atoms with Gasteiger partial charge in [0.25, 0.3) is 5.91 Å². The number of halogens is 1. The smallest absolute Gasteiger partial charge is 0.263 e. The third kappa shape index (κ3) is 3.79. The van der Waals surface area contributed by atoms with Gasteiger partial charge in [-0.05, 0) is 62.2 Å². The number of hydrogen-bond acceptors (Lipinski definition) is 3. The van der Waals surface area contributed by atoms with E-state index in [0.29, 0.717) is 24.8 Å². The predicted molar refractivity (Wildman–Crippen MR) is 101 cm³/mol. The minimum absolute atomic E-state index is 0.0314. The van der Waals surface area contributed by atoms with Gasteiger partial charge in [-0.1, -0.05) is 0 Å². The fourth-order valence-corrected chi connectivity index (χ4v) is 3.63. The summed E-state index contributed by atoms with van der Waals surface area (Å²) in [5.74, 6) is 0.543. The minimum atomic E-state index is -0.593. The van der Waals surface area contributed by atoms with Crippen LogP contribution in [-0.4, -0.2) is 40.0 Å². The lowest BCUT2D eigenvalue weighted by Crippen LogP contribution is -2.44. The molecule has 3 heterocycles. The van der Waals surface area contributed by atoms with Crippen molar-refractivity contribution in [2.45, 2.75) is 31.8 Å². The molecule has 1 aromatic carbocycles. The van der Waals surface area contributed by atoms with Crippen molar-refractivity contribution in [3.05, 3.63) is 60.2 Å². The van der Waals surface area contributed by atoms with Gasteiger partial charge in [-0.25, -0.2) is 4.39 Å². The fourth-order valence-electron chi connectivity index (χ4n) is 3.63. The van der Waals surface area contributed by atoms with Gasteiger partial charge in [-0.15, -0.1) is 0 Å². The van der Waals surface area contributed by atoms with Gasteiger partial charge in [0.2, 0.25) is 0 Å². The van der Waals surface area contributed by atoms with Crippen molar-refractivity contribution >= 4 is 16.9 Å². The van der Waals surface area contributed by atoms with Crippen molar-refractivity contribution in [3.8, 4) is 5.75 Å². The molecular weight excluding hydrogens is 345 g/mol. The van der Waals surface area contributed by atoms with E-state index in [4.69, 9.17) is 4.74 Å². The Morgan fingerprint density at radius 1 is 1.26 bits per heavy atom. The van der Waals surface area contributed by atoms with Crippen molar-refractivity contribution in [1.82, 2.24) is 14.9 Å². The zero-order chi connectivity index (χ0) is 18.8. The molecule has 1 N–H and O–H groups in total. The molecule has 6 heteroatoms. The highest BCUT2D eigenvalue weighted by molar-refractivity contribution is 5.81. The van der Waals surface area contributed by atoms with E-state index < -0.39 is 6.10 Å². The number of amides is 1. The number of aromatic nitrogens is 2. The van der Waals surface area contributed by atoms with Crippen LogP contribution in [0.15, 0.2) is 48.7 Å². The largest absolute Gasteiger partial charge is 0.481 e. The molecule has 1 aliphatic heterocycles. The van der Waals surface area contributed by atoms with E-state index in [1.807, 2.05) is 17.0 Å². The maximum Gasteiger partial charge on any atom is 0.263 e. The molecular formula is C21H22FN3O2. The minimum Gasteiger partial charge on any atom is -0.481 e. The number of nitrogens with zero attached hydrogens (tertiary/aromatic N) is 2. The number of aromatic amines is 1. The van der Waals surface area contributed by atoms with E-state index in [1.54, 1.807) is 13.1 Å². The molecule has 3 aromatic rings. The van der Waals surface area contributed by atoms with Gasteiger partial charge >= 0.3 is 0 Å². The molecule has 140 valence electrons. The summed E-state index contributed by atoms with van der Waals surface area (Å²) in [6.45, 7) is 3.13. The van der Waals surface area contributed by atoms with Crippen LogP contribution in [0.25, 0.3) is 11.0 Å². The third-order valence-electron chi connectivity index (χ3n) is 5.13. The number of H-pyrrole nitrogens is 1. The maximum absolute atomic E-state index is 13.0. The average Bonchev–Trinajstić information content (AvgIpc) is 3.13. The number of hydrogen-bond donors (Lipinski definition) is 1. The van der Waals surface area contributed by atoms with Crippen LogP contribution in [0.3, 0.4) is 0 Å². The summed E-state index contributed by atoms with van der Waals surface area (Å²) in [5.41, 5.74) is 3.21. The van der Waals surface area contributed by atoms with E-state index in [9.17, 15) is 9.18 Å². The molecule has 4 rings (SSSR count). The molecule has 1 aliphatic rings. The number of piperidine rings is 1. The number of likely N-dealkylation sites (tertiary alicyclic amines) is 1. The molecule has 2 aromatic heterocycles. The molecule has 0 unspecified atom stereocenters. The van der Waals surface area contributed by atoms with Crippen LogP contribution in [0.4, 0.5) is 4.39 Å². The Hall–Kier alpha value is -2.89. The highest BCUT2D eigenvalue weighted by atomic mass is 19.1. The van der Waals surface area contributed by atoms with Crippen LogP contribution < -0.4 is 4.74 Å². The molecule has 5 nitrogen and oxygen atoms in total. The number of nitrogens with one attached hydrogen (secondary N) is 1. The molecule has 0 aliphatic carbocycles. The van der Waals surface area contributed by atoms with Crippen LogP contribution >= 0.6 is 0 Å². The summed E-state index contributed by atoms with van der Waals surface area (Å²) in [6.07, 6.45) is 3.01. The highest BCUT2D eigenvalue weighted by Gasteiger charge is 2.28. The zero-order valence-electron chi connectivity index (χ0n) is 15.2. The predicted octanol–water partition coefficient (Wildman–Crippen LogP) is 3.88. The number of carbonyl (C=O) groups excluding carboxylic acids is 1. The van der Waals surface area contributed by atoms with Crippen molar-refractivity contribution in [2.75, 3.05) is 13.1 Å². The number of benzene rings is 1.